The van der Waals surface area contributed by atoms with Crippen LogP contribution < -0.4 is 9.30 Å². The molecule has 0 aliphatic carbocycles. The molecular weight excluding hydrogens is 282 g/mol. The van der Waals surface area contributed by atoms with Gasteiger partial charge in [0, 0.05) is 17.7 Å². The predicted molar refractivity (Wildman–Crippen MR) is 87.7 cm³/mol. The smallest absolute Gasteiger partial charge is 0.213 e. The second kappa shape index (κ2) is 8.04. The van der Waals surface area contributed by atoms with Gasteiger partial charge in [0.2, 0.25) is 5.69 Å². The molecule has 0 fully saturated rings. The lowest BCUT2D eigenvalue weighted by molar-refractivity contribution is -0.660. The van der Waals surface area contributed by atoms with Crippen LogP contribution in [0.25, 0.3) is 11.3 Å². The first kappa shape index (κ1) is 15.8. The number of aromatic nitrogens is 1. The van der Waals surface area contributed by atoms with E-state index in [0.29, 0.717) is 0 Å². The van der Waals surface area contributed by atoms with Gasteiger partial charge in [0.1, 0.15) is 12.8 Å². The quantitative estimate of drug-likeness (QED) is 0.529. The summed E-state index contributed by atoms with van der Waals surface area (Å²) in [6, 6.07) is 12.1. The molecule has 0 aliphatic rings. The van der Waals surface area contributed by atoms with Crippen LogP contribution in [0.5, 0.6) is 5.75 Å². The molecule has 112 valence electrons. The number of hydrogen-bond donors (Lipinski definition) is 0. The summed E-state index contributed by atoms with van der Waals surface area (Å²) in [5, 5.41) is 0.749. The monoisotopic (exact) mass is 304 g/mol. The van der Waals surface area contributed by atoms with Gasteiger partial charge in [-0.1, -0.05) is 37.8 Å². The molecule has 1 heterocycles. The fourth-order valence-electron chi connectivity index (χ4n) is 2.27. The normalized spacial score (nSPS) is 10.6. The standard InChI is InChI=1S/C18H23ClNO/c1-3-4-5-6-13-21-17-9-7-15(8-10-17)18-14-16(19)11-12-20(18)2/h7-12,14H,3-6,13H2,1-2H3/q+1. The molecule has 1 aromatic heterocycles. The molecule has 1 aromatic carbocycles. The highest BCUT2D eigenvalue weighted by atomic mass is 35.5. The molecule has 0 saturated carbocycles. The molecule has 0 spiro atoms. The minimum Gasteiger partial charge on any atom is -0.494 e. The van der Waals surface area contributed by atoms with E-state index in [-0.39, 0.29) is 0 Å². The fourth-order valence-corrected chi connectivity index (χ4v) is 2.43. The van der Waals surface area contributed by atoms with E-state index in [1.54, 1.807) is 0 Å². The van der Waals surface area contributed by atoms with E-state index < -0.39 is 0 Å². The van der Waals surface area contributed by atoms with Crippen LogP contribution in [0.15, 0.2) is 42.6 Å². The van der Waals surface area contributed by atoms with E-state index in [0.717, 1.165) is 35.1 Å². The van der Waals surface area contributed by atoms with Crippen molar-refractivity contribution in [3.63, 3.8) is 0 Å². The van der Waals surface area contributed by atoms with Crippen LogP contribution in [0, 0.1) is 0 Å². The summed E-state index contributed by atoms with van der Waals surface area (Å²) < 4.78 is 7.83. The molecule has 21 heavy (non-hydrogen) atoms. The fraction of sp³-hybridized carbons (Fsp3) is 0.389. The Morgan fingerprint density at radius 1 is 1.05 bits per heavy atom. The van der Waals surface area contributed by atoms with E-state index in [9.17, 15) is 0 Å². The van der Waals surface area contributed by atoms with Gasteiger partial charge < -0.3 is 4.74 Å². The molecule has 0 radical (unpaired) electrons. The maximum Gasteiger partial charge on any atom is 0.213 e. The van der Waals surface area contributed by atoms with Crippen molar-refractivity contribution in [3.05, 3.63) is 47.6 Å². The van der Waals surface area contributed by atoms with Crippen molar-refractivity contribution in [2.75, 3.05) is 6.61 Å². The summed E-state index contributed by atoms with van der Waals surface area (Å²) in [5.74, 6) is 0.930. The summed E-state index contributed by atoms with van der Waals surface area (Å²) in [4.78, 5) is 0. The van der Waals surface area contributed by atoms with Gasteiger partial charge in [-0.3, -0.25) is 0 Å². The summed E-state index contributed by atoms with van der Waals surface area (Å²) in [6.45, 7) is 3.01. The number of nitrogens with zero attached hydrogens (tertiary/aromatic N) is 1. The topological polar surface area (TPSA) is 13.1 Å². The molecule has 2 rings (SSSR count). The molecule has 2 nitrogen and oxygen atoms in total. The van der Waals surface area contributed by atoms with E-state index in [2.05, 4.69) is 23.6 Å². The highest BCUT2D eigenvalue weighted by molar-refractivity contribution is 6.30. The van der Waals surface area contributed by atoms with Gasteiger partial charge in [-0.15, -0.1) is 0 Å². The van der Waals surface area contributed by atoms with Gasteiger partial charge in [0.15, 0.2) is 6.20 Å². The number of ether oxygens (including phenoxy) is 1. The zero-order valence-corrected chi connectivity index (χ0v) is 13.6. The van der Waals surface area contributed by atoms with Gasteiger partial charge in [0.25, 0.3) is 0 Å². The molecule has 0 N–H and O–H groups in total. The van der Waals surface area contributed by atoms with Gasteiger partial charge in [-0.05, 0) is 30.7 Å². The van der Waals surface area contributed by atoms with Crippen LogP contribution in [0.4, 0.5) is 0 Å². The Kier molecular flexibility index (Phi) is 6.06. The van der Waals surface area contributed by atoms with Gasteiger partial charge in [-0.25, -0.2) is 4.57 Å². The SMILES string of the molecule is CCCCCCOc1ccc(-c2cc(Cl)cc[n+]2C)cc1. The first-order valence-corrected chi connectivity index (χ1v) is 7.97. The number of rotatable bonds is 7. The van der Waals surface area contributed by atoms with Crippen molar-refractivity contribution in [2.24, 2.45) is 7.05 Å². The molecular formula is C18H23ClNO+. The van der Waals surface area contributed by atoms with Crippen molar-refractivity contribution in [3.8, 4) is 17.0 Å². The Morgan fingerprint density at radius 3 is 2.52 bits per heavy atom. The lowest BCUT2D eigenvalue weighted by Gasteiger charge is -2.07. The molecule has 2 aromatic rings. The Balaban J connectivity index is 1.97. The van der Waals surface area contributed by atoms with Crippen molar-refractivity contribution in [2.45, 2.75) is 32.6 Å². The third-order valence-corrected chi connectivity index (χ3v) is 3.76. The summed E-state index contributed by atoms with van der Waals surface area (Å²) in [5.41, 5.74) is 2.23. The van der Waals surface area contributed by atoms with Crippen molar-refractivity contribution in [1.29, 1.82) is 0 Å². The first-order valence-electron chi connectivity index (χ1n) is 7.59. The van der Waals surface area contributed by atoms with E-state index >= 15 is 0 Å². The third-order valence-electron chi connectivity index (χ3n) is 3.53. The van der Waals surface area contributed by atoms with Gasteiger partial charge >= 0.3 is 0 Å². The van der Waals surface area contributed by atoms with Crippen LogP contribution >= 0.6 is 11.6 Å². The van der Waals surface area contributed by atoms with Crippen LogP contribution in [0.1, 0.15) is 32.6 Å². The van der Waals surface area contributed by atoms with Crippen LogP contribution in [-0.2, 0) is 7.05 Å². The average molecular weight is 305 g/mol. The van der Waals surface area contributed by atoms with Crippen molar-refractivity contribution < 1.29 is 9.30 Å². The number of pyridine rings is 1. The van der Waals surface area contributed by atoms with E-state index in [4.69, 9.17) is 16.3 Å². The maximum absolute atomic E-state index is 6.07. The van der Waals surface area contributed by atoms with Crippen LogP contribution in [-0.4, -0.2) is 6.61 Å². The van der Waals surface area contributed by atoms with Gasteiger partial charge in [-0.2, -0.15) is 0 Å². The minimum absolute atomic E-state index is 0.749. The molecule has 0 saturated heterocycles. The first-order chi connectivity index (χ1) is 10.2. The second-order valence-electron chi connectivity index (χ2n) is 5.27. The highest BCUT2D eigenvalue weighted by Gasteiger charge is 2.10. The lowest BCUT2D eigenvalue weighted by Crippen LogP contribution is -2.30. The lowest BCUT2D eigenvalue weighted by atomic mass is 10.1. The zero-order valence-electron chi connectivity index (χ0n) is 12.8. The zero-order chi connectivity index (χ0) is 15.1. The molecule has 0 bridgehead atoms. The van der Waals surface area contributed by atoms with Crippen molar-refractivity contribution >= 4 is 11.6 Å². The third kappa shape index (κ3) is 4.75. The largest absolute Gasteiger partial charge is 0.494 e. The predicted octanol–water partition coefficient (Wildman–Crippen LogP) is 4.79. The Labute approximate surface area is 132 Å². The Morgan fingerprint density at radius 2 is 1.81 bits per heavy atom. The maximum atomic E-state index is 6.07. The molecule has 0 aliphatic heterocycles. The van der Waals surface area contributed by atoms with E-state index in [1.165, 1.54) is 19.3 Å². The molecule has 0 atom stereocenters. The highest BCUT2D eigenvalue weighted by Crippen LogP contribution is 2.22. The summed E-state index contributed by atoms with van der Waals surface area (Å²) in [7, 11) is 2.02. The van der Waals surface area contributed by atoms with Crippen LogP contribution in [0.2, 0.25) is 5.02 Å². The number of hydrogen-bond acceptors (Lipinski definition) is 1. The number of halogens is 1. The molecule has 3 heteroatoms. The Hall–Kier alpha value is -1.54. The summed E-state index contributed by atoms with van der Waals surface area (Å²) in [6.07, 6.45) is 6.88. The molecule has 0 unspecified atom stereocenters. The van der Waals surface area contributed by atoms with Crippen molar-refractivity contribution in [1.82, 2.24) is 0 Å². The molecule has 0 amide bonds. The number of unbranched alkanes of at least 4 members (excludes halogenated alkanes) is 3. The number of benzene rings is 1. The Bertz CT molecular complexity index is 566. The minimum atomic E-state index is 0.749. The van der Waals surface area contributed by atoms with Crippen LogP contribution in [0.3, 0.4) is 0 Å². The number of aryl methyl sites for hydroxylation is 1. The summed E-state index contributed by atoms with van der Waals surface area (Å²) >= 11 is 6.07. The second-order valence-corrected chi connectivity index (χ2v) is 5.71. The average Bonchev–Trinajstić information content (AvgIpc) is 2.50. The van der Waals surface area contributed by atoms with E-state index in [1.807, 2.05) is 37.5 Å². The van der Waals surface area contributed by atoms with Gasteiger partial charge in [0.05, 0.1) is 11.6 Å².